The van der Waals surface area contributed by atoms with Gasteiger partial charge >= 0.3 is 11.8 Å². The Balaban J connectivity index is 3.47. The van der Waals surface area contributed by atoms with E-state index >= 15 is 0 Å². The molecule has 6 heteroatoms. The number of halogens is 4. The normalized spacial score (nSPS) is 11.8. The monoisotopic (exact) mass is 196 g/mol. The zero-order chi connectivity index (χ0) is 10.2. The van der Waals surface area contributed by atoms with E-state index in [2.05, 4.69) is 4.42 Å². The quantitative estimate of drug-likeness (QED) is 0.595. The molecule has 0 radical (unpaired) electrons. The van der Waals surface area contributed by atoms with Crippen LogP contribution in [0, 0.1) is 12.7 Å². The van der Waals surface area contributed by atoms with E-state index in [1.807, 2.05) is 0 Å². The highest BCUT2D eigenvalue weighted by Gasteiger charge is 2.38. The second-order valence-corrected chi connectivity index (χ2v) is 2.37. The molecule has 0 aliphatic heterocycles. The Kier molecular flexibility index (Phi) is 2.15. The summed E-state index contributed by atoms with van der Waals surface area (Å²) in [4.78, 5) is 10.6. The summed E-state index contributed by atoms with van der Waals surface area (Å²) < 4.78 is 52.6. The lowest BCUT2D eigenvalue weighted by Crippen LogP contribution is -2.21. The number of rotatable bonds is 0. The molecule has 0 aliphatic rings. The van der Waals surface area contributed by atoms with E-state index in [-0.39, 0.29) is 5.76 Å². The van der Waals surface area contributed by atoms with Crippen molar-refractivity contribution in [3.8, 4) is 0 Å². The third-order valence-electron chi connectivity index (χ3n) is 1.31. The molecule has 2 nitrogen and oxygen atoms in total. The van der Waals surface area contributed by atoms with Crippen LogP contribution in [0.15, 0.2) is 15.3 Å². The summed E-state index contributed by atoms with van der Waals surface area (Å²) in [6.07, 6.45) is -5.02. The maximum Gasteiger partial charge on any atom is 0.426 e. The van der Waals surface area contributed by atoms with Crippen molar-refractivity contribution >= 4 is 0 Å². The van der Waals surface area contributed by atoms with E-state index in [4.69, 9.17) is 0 Å². The van der Waals surface area contributed by atoms with Crippen LogP contribution in [0.5, 0.6) is 0 Å². The van der Waals surface area contributed by atoms with Crippen LogP contribution in [-0.2, 0) is 6.18 Å². The van der Waals surface area contributed by atoms with Crippen LogP contribution in [0.4, 0.5) is 17.6 Å². The Morgan fingerprint density at radius 1 is 1.38 bits per heavy atom. The van der Waals surface area contributed by atoms with Gasteiger partial charge in [-0.1, -0.05) is 0 Å². The molecule has 0 N–H and O–H groups in total. The fraction of sp³-hybridized carbons (Fsp3) is 0.286. The molecule has 0 atom stereocenters. The molecular formula is C7H4F4O2. The molecule has 13 heavy (non-hydrogen) atoms. The Hall–Kier alpha value is -1.33. The Morgan fingerprint density at radius 2 is 1.92 bits per heavy atom. The molecule has 0 amide bonds. The van der Waals surface area contributed by atoms with Crippen LogP contribution in [0.25, 0.3) is 0 Å². The third kappa shape index (κ3) is 1.88. The highest BCUT2D eigenvalue weighted by atomic mass is 19.4. The maximum absolute atomic E-state index is 12.6. The van der Waals surface area contributed by atoms with Gasteiger partial charge in [0.05, 0.1) is 0 Å². The van der Waals surface area contributed by atoms with Crippen molar-refractivity contribution in [2.75, 3.05) is 0 Å². The second kappa shape index (κ2) is 2.86. The van der Waals surface area contributed by atoms with Gasteiger partial charge in [0, 0.05) is 6.07 Å². The largest absolute Gasteiger partial charge is 0.428 e. The van der Waals surface area contributed by atoms with E-state index in [0.29, 0.717) is 6.07 Å². The lowest BCUT2D eigenvalue weighted by molar-refractivity contribution is -0.142. The van der Waals surface area contributed by atoms with E-state index < -0.39 is 23.2 Å². The average molecular weight is 196 g/mol. The topological polar surface area (TPSA) is 30.2 Å². The average Bonchev–Trinajstić information content (AvgIpc) is 1.78. The van der Waals surface area contributed by atoms with Crippen molar-refractivity contribution in [1.29, 1.82) is 0 Å². The fourth-order valence-electron chi connectivity index (χ4n) is 0.826. The second-order valence-electron chi connectivity index (χ2n) is 2.37. The molecule has 1 aromatic rings. The van der Waals surface area contributed by atoms with Gasteiger partial charge in [0.25, 0.3) is 0 Å². The van der Waals surface area contributed by atoms with Gasteiger partial charge < -0.3 is 4.42 Å². The van der Waals surface area contributed by atoms with Crippen LogP contribution in [0.3, 0.4) is 0 Å². The minimum atomic E-state index is -5.02. The van der Waals surface area contributed by atoms with Crippen molar-refractivity contribution in [2.45, 2.75) is 13.1 Å². The van der Waals surface area contributed by atoms with Gasteiger partial charge in [-0.3, -0.25) is 0 Å². The van der Waals surface area contributed by atoms with Gasteiger partial charge in [0.1, 0.15) is 11.6 Å². The molecule has 1 heterocycles. The molecule has 1 rings (SSSR count). The number of alkyl halides is 3. The van der Waals surface area contributed by atoms with Gasteiger partial charge in [0.15, 0.2) is 5.56 Å². The van der Waals surface area contributed by atoms with Crippen molar-refractivity contribution in [1.82, 2.24) is 0 Å². The molecule has 1 aromatic heterocycles. The van der Waals surface area contributed by atoms with Crippen LogP contribution in [0.1, 0.15) is 11.3 Å². The van der Waals surface area contributed by atoms with Crippen molar-refractivity contribution in [3.63, 3.8) is 0 Å². The fourth-order valence-corrected chi connectivity index (χ4v) is 0.826. The summed E-state index contributed by atoms with van der Waals surface area (Å²) in [6, 6.07) is 0.518. The molecule has 72 valence electrons. The third-order valence-corrected chi connectivity index (χ3v) is 1.31. The predicted molar refractivity (Wildman–Crippen MR) is 34.7 cm³/mol. The molecule has 0 unspecified atom stereocenters. The minimum absolute atomic E-state index is 0.199. The lowest BCUT2D eigenvalue weighted by Gasteiger charge is -2.05. The number of aryl methyl sites for hydroxylation is 1. The summed E-state index contributed by atoms with van der Waals surface area (Å²) >= 11 is 0. The van der Waals surface area contributed by atoms with Crippen molar-refractivity contribution in [3.05, 3.63) is 33.6 Å². The molecule has 0 aromatic carbocycles. The smallest absolute Gasteiger partial charge is 0.426 e. The molecule has 0 saturated heterocycles. The van der Waals surface area contributed by atoms with Crippen LogP contribution < -0.4 is 5.63 Å². The summed E-state index contributed by atoms with van der Waals surface area (Å²) in [7, 11) is 0. The molecular weight excluding hydrogens is 192 g/mol. The van der Waals surface area contributed by atoms with E-state index in [0.717, 1.165) is 0 Å². The molecule has 0 saturated carbocycles. The first-order valence-corrected chi connectivity index (χ1v) is 3.20. The molecule has 0 bridgehead atoms. The maximum atomic E-state index is 12.6. The first kappa shape index (κ1) is 9.76. The van der Waals surface area contributed by atoms with Gasteiger partial charge in [0.2, 0.25) is 0 Å². The van der Waals surface area contributed by atoms with Crippen LogP contribution >= 0.6 is 0 Å². The molecule has 0 aliphatic carbocycles. The van der Waals surface area contributed by atoms with Gasteiger partial charge in [-0.15, -0.1) is 0 Å². The van der Waals surface area contributed by atoms with Crippen molar-refractivity contribution in [2.24, 2.45) is 0 Å². The standard InChI is InChI=1S/C7H4F4O2/c1-3-2-4(8)5(6(12)13-3)7(9,10)11/h2H,1H3. The first-order chi connectivity index (χ1) is 5.82. The summed E-state index contributed by atoms with van der Waals surface area (Å²) in [6.45, 7) is 1.19. The minimum Gasteiger partial charge on any atom is -0.428 e. The highest BCUT2D eigenvalue weighted by molar-refractivity contribution is 5.16. The Bertz CT molecular complexity index is 377. The van der Waals surface area contributed by atoms with Gasteiger partial charge in [-0.25, -0.2) is 9.18 Å². The van der Waals surface area contributed by atoms with E-state index in [9.17, 15) is 22.4 Å². The van der Waals surface area contributed by atoms with Crippen molar-refractivity contribution < 1.29 is 22.0 Å². The highest BCUT2D eigenvalue weighted by Crippen LogP contribution is 2.28. The SMILES string of the molecule is Cc1cc(F)c(C(F)(F)F)c(=O)o1. The van der Waals surface area contributed by atoms with Crippen LogP contribution in [-0.4, -0.2) is 0 Å². The Morgan fingerprint density at radius 3 is 2.31 bits per heavy atom. The Labute approximate surface area is 69.8 Å². The molecule has 0 fully saturated rings. The number of hydrogen-bond acceptors (Lipinski definition) is 2. The first-order valence-electron chi connectivity index (χ1n) is 3.20. The van der Waals surface area contributed by atoms with Gasteiger partial charge in [-0.2, -0.15) is 13.2 Å². The zero-order valence-corrected chi connectivity index (χ0v) is 6.41. The van der Waals surface area contributed by atoms with Gasteiger partial charge in [-0.05, 0) is 6.92 Å². The molecule has 0 spiro atoms. The van der Waals surface area contributed by atoms with Crippen LogP contribution in [0.2, 0.25) is 0 Å². The lowest BCUT2D eigenvalue weighted by atomic mass is 10.2. The summed E-state index contributed by atoms with van der Waals surface area (Å²) in [5.41, 5.74) is -3.59. The number of hydrogen-bond donors (Lipinski definition) is 0. The predicted octanol–water partition coefficient (Wildman–Crippen LogP) is 2.11. The van der Waals surface area contributed by atoms with E-state index in [1.165, 1.54) is 6.92 Å². The zero-order valence-electron chi connectivity index (χ0n) is 6.41. The summed E-state index contributed by atoms with van der Waals surface area (Å²) in [5, 5.41) is 0. The summed E-state index contributed by atoms with van der Waals surface area (Å²) in [5.74, 6) is -1.81. The van der Waals surface area contributed by atoms with E-state index in [1.54, 1.807) is 0 Å².